The van der Waals surface area contributed by atoms with Gasteiger partial charge in [-0.2, -0.15) is 0 Å². The Morgan fingerprint density at radius 2 is 1.97 bits per heavy atom. The summed E-state index contributed by atoms with van der Waals surface area (Å²) in [5.74, 6) is -0.233. The standard InChI is InChI=1S/C26H27NO5S/c1-16(18-7-9-19(10-8-18)26(29)30)27-25(28)24-21-12-13-32-15-23(21)33-22(24)11-6-17-4-3-5-20(14-17)31-2/h3-5,7-10,14,16H,6,11-13,15H2,1-2H3,(H,27,28)(H,29,30). The van der Waals surface area contributed by atoms with Crippen LogP contribution in [0.15, 0.2) is 48.5 Å². The van der Waals surface area contributed by atoms with Crippen molar-refractivity contribution in [3.63, 3.8) is 0 Å². The summed E-state index contributed by atoms with van der Waals surface area (Å²) in [5, 5.41) is 12.2. The molecule has 7 heteroatoms. The van der Waals surface area contributed by atoms with Crippen LogP contribution in [-0.4, -0.2) is 30.7 Å². The predicted octanol–water partition coefficient (Wildman–Crippen LogP) is 4.80. The van der Waals surface area contributed by atoms with Gasteiger partial charge in [-0.05, 0) is 67.1 Å². The molecule has 0 fully saturated rings. The van der Waals surface area contributed by atoms with Crippen molar-refractivity contribution in [2.24, 2.45) is 0 Å². The molecule has 4 rings (SSSR count). The smallest absolute Gasteiger partial charge is 0.335 e. The van der Waals surface area contributed by atoms with Gasteiger partial charge < -0.3 is 19.9 Å². The van der Waals surface area contributed by atoms with Crippen molar-refractivity contribution < 1.29 is 24.2 Å². The molecule has 172 valence electrons. The maximum absolute atomic E-state index is 13.4. The summed E-state index contributed by atoms with van der Waals surface area (Å²) in [6.07, 6.45) is 2.30. The molecule has 0 aliphatic carbocycles. The molecule has 33 heavy (non-hydrogen) atoms. The van der Waals surface area contributed by atoms with Crippen molar-refractivity contribution in [2.75, 3.05) is 13.7 Å². The van der Waals surface area contributed by atoms with Gasteiger partial charge in [0, 0.05) is 9.75 Å². The van der Waals surface area contributed by atoms with Crippen LogP contribution >= 0.6 is 11.3 Å². The van der Waals surface area contributed by atoms with Crippen molar-refractivity contribution in [3.8, 4) is 5.75 Å². The van der Waals surface area contributed by atoms with Crippen molar-refractivity contribution in [3.05, 3.63) is 86.1 Å². The van der Waals surface area contributed by atoms with Gasteiger partial charge in [-0.3, -0.25) is 4.79 Å². The van der Waals surface area contributed by atoms with E-state index in [-0.39, 0.29) is 17.5 Å². The number of fused-ring (bicyclic) bond motifs is 1. The van der Waals surface area contributed by atoms with E-state index in [1.54, 1.807) is 42.7 Å². The second kappa shape index (κ2) is 10.2. The lowest BCUT2D eigenvalue weighted by Crippen LogP contribution is -2.28. The van der Waals surface area contributed by atoms with E-state index in [2.05, 4.69) is 11.4 Å². The van der Waals surface area contributed by atoms with E-state index in [0.29, 0.717) is 13.2 Å². The Bertz CT molecular complexity index is 1150. The van der Waals surface area contributed by atoms with E-state index in [1.807, 2.05) is 25.1 Å². The molecule has 2 heterocycles. The summed E-state index contributed by atoms with van der Waals surface area (Å²) in [7, 11) is 1.66. The number of methoxy groups -OCH3 is 1. The highest BCUT2D eigenvalue weighted by Crippen LogP contribution is 2.34. The first-order valence-corrected chi connectivity index (χ1v) is 11.8. The largest absolute Gasteiger partial charge is 0.497 e. The minimum Gasteiger partial charge on any atom is -0.497 e. The molecule has 2 N–H and O–H groups in total. The SMILES string of the molecule is COc1cccc(CCc2sc3c(c2C(=O)NC(C)c2ccc(C(=O)O)cc2)CCOC3)c1. The number of hydrogen-bond donors (Lipinski definition) is 2. The number of rotatable bonds is 8. The van der Waals surface area contributed by atoms with Crippen molar-refractivity contribution in [2.45, 2.75) is 38.8 Å². The molecular formula is C26H27NO5S. The maximum Gasteiger partial charge on any atom is 0.335 e. The van der Waals surface area contributed by atoms with Crippen LogP contribution in [0.5, 0.6) is 5.75 Å². The Hall–Kier alpha value is -3.16. The Morgan fingerprint density at radius 1 is 1.18 bits per heavy atom. The van der Waals surface area contributed by atoms with Crippen molar-refractivity contribution in [1.82, 2.24) is 5.32 Å². The van der Waals surface area contributed by atoms with Crippen LogP contribution in [0.3, 0.4) is 0 Å². The minimum absolute atomic E-state index is 0.0927. The van der Waals surface area contributed by atoms with Crippen LogP contribution in [0.4, 0.5) is 0 Å². The van der Waals surface area contributed by atoms with Gasteiger partial charge in [-0.25, -0.2) is 4.79 Å². The average Bonchev–Trinajstić information content (AvgIpc) is 3.21. The third kappa shape index (κ3) is 5.26. The molecule has 1 aromatic heterocycles. The molecule has 0 bridgehead atoms. The highest BCUT2D eigenvalue weighted by Gasteiger charge is 2.26. The normalized spacial score (nSPS) is 13.8. The lowest BCUT2D eigenvalue weighted by atomic mass is 9.99. The molecular weight excluding hydrogens is 438 g/mol. The summed E-state index contributed by atoms with van der Waals surface area (Å²) in [4.78, 5) is 26.7. The monoisotopic (exact) mass is 465 g/mol. The number of carboxylic acids is 1. The fraction of sp³-hybridized carbons (Fsp3) is 0.308. The number of hydrogen-bond acceptors (Lipinski definition) is 5. The second-order valence-electron chi connectivity index (χ2n) is 8.08. The zero-order valence-electron chi connectivity index (χ0n) is 18.7. The third-order valence-corrected chi connectivity index (χ3v) is 7.17. The van der Waals surface area contributed by atoms with Crippen LogP contribution in [0.2, 0.25) is 0 Å². The summed E-state index contributed by atoms with van der Waals surface area (Å²) in [6.45, 7) is 3.07. The van der Waals surface area contributed by atoms with Gasteiger partial charge in [0.2, 0.25) is 0 Å². The van der Waals surface area contributed by atoms with E-state index in [1.165, 1.54) is 0 Å². The van der Waals surface area contributed by atoms with Crippen molar-refractivity contribution in [1.29, 1.82) is 0 Å². The van der Waals surface area contributed by atoms with Gasteiger partial charge in [0.05, 0.1) is 37.5 Å². The first-order chi connectivity index (χ1) is 16.0. The number of thiophene rings is 1. The summed E-state index contributed by atoms with van der Waals surface area (Å²) >= 11 is 1.67. The van der Waals surface area contributed by atoms with Crippen LogP contribution in [-0.2, 0) is 30.6 Å². The maximum atomic E-state index is 13.4. The zero-order chi connectivity index (χ0) is 23.4. The van der Waals surface area contributed by atoms with Crippen LogP contribution in [0, 0.1) is 0 Å². The molecule has 0 radical (unpaired) electrons. The molecule has 6 nitrogen and oxygen atoms in total. The van der Waals surface area contributed by atoms with Gasteiger partial charge in [-0.15, -0.1) is 11.3 Å². The van der Waals surface area contributed by atoms with Gasteiger partial charge in [0.15, 0.2) is 0 Å². The van der Waals surface area contributed by atoms with Crippen LogP contribution < -0.4 is 10.1 Å². The number of carbonyl (C=O) groups excluding carboxylic acids is 1. The fourth-order valence-electron chi connectivity index (χ4n) is 4.08. The number of benzene rings is 2. The molecule has 1 atom stereocenters. The van der Waals surface area contributed by atoms with Crippen molar-refractivity contribution >= 4 is 23.2 Å². The van der Waals surface area contributed by atoms with Gasteiger partial charge in [0.25, 0.3) is 5.91 Å². The van der Waals surface area contributed by atoms with Gasteiger partial charge in [-0.1, -0.05) is 24.3 Å². The summed E-state index contributed by atoms with van der Waals surface area (Å²) in [5.41, 5.74) is 4.12. The lowest BCUT2D eigenvalue weighted by Gasteiger charge is -2.17. The van der Waals surface area contributed by atoms with Crippen LogP contribution in [0.25, 0.3) is 0 Å². The Kier molecular flexibility index (Phi) is 7.11. The Morgan fingerprint density at radius 3 is 2.70 bits per heavy atom. The lowest BCUT2D eigenvalue weighted by molar-refractivity contribution is 0.0696. The summed E-state index contributed by atoms with van der Waals surface area (Å²) in [6, 6.07) is 14.4. The van der Waals surface area contributed by atoms with E-state index in [4.69, 9.17) is 14.6 Å². The van der Waals surface area contributed by atoms with E-state index >= 15 is 0 Å². The number of amides is 1. The predicted molar refractivity (Wildman–Crippen MR) is 127 cm³/mol. The molecule has 3 aromatic rings. The first-order valence-electron chi connectivity index (χ1n) is 10.9. The van der Waals surface area contributed by atoms with Gasteiger partial charge >= 0.3 is 5.97 Å². The molecule has 1 aliphatic rings. The average molecular weight is 466 g/mol. The number of ether oxygens (including phenoxy) is 2. The Balaban J connectivity index is 1.54. The number of carbonyl (C=O) groups is 2. The fourth-order valence-corrected chi connectivity index (χ4v) is 5.37. The first kappa shape index (κ1) is 23.0. The second-order valence-corrected chi connectivity index (χ2v) is 9.27. The highest BCUT2D eigenvalue weighted by molar-refractivity contribution is 7.12. The molecule has 1 unspecified atom stereocenters. The minimum atomic E-state index is -0.967. The molecule has 0 spiro atoms. The molecule has 2 aromatic carbocycles. The highest BCUT2D eigenvalue weighted by atomic mass is 32.1. The molecule has 1 amide bonds. The van der Waals surface area contributed by atoms with Gasteiger partial charge in [0.1, 0.15) is 5.75 Å². The third-order valence-electron chi connectivity index (χ3n) is 5.90. The van der Waals surface area contributed by atoms with Crippen LogP contribution in [0.1, 0.15) is 60.1 Å². The quantitative estimate of drug-likeness (QED) is 0.499. The number of nitrogens with one attached hydrogen (secondary N) is 1. The summed E-state index contributed by atoms with van der Waals surface area (Å²) < 4.78 is 11.0. The topological polar surface area (TPSA) is 84.9 Å². The molecule has 0 saturated carbocycles. The molecule has 0 saturated heterocycles. The van der Waals surface area contributed by atoms with E-state index in [0.717, 1.165) is 57.0 Å². The van der Waals surface area contributed by atoms with E-state index < -0.39 is 5.97 Å². The number of aromatic carboxylic acids is 1. The molecule has 1 aliphatic heterocycles. The van der Waals surface area contributed by atoms with E-state index in [9.17, 15) is 9.59 Å². The number of carboxylic acid groups (broad SMARTS) is 1. The Labute approximate surface area is 197 Å². The zero-order valence-corrected chi connectivity index (χ0v) is 19.5. The number of aryl methyl sites for hydroxylation is 2.